The number of fused-ring (bicyclic) bond motifs is 1. The molecule has 0 aliphatic carbocycles. The van der Waals surface area contributed by atoms with Crippen LogP contribution >= 0.6 is 15.9 Å². The number of nitrogens with two attached hydrogens (primary N) is 1. The van der Waals surface area contributed by atoms with Crippen molar-refractivity contribution in [1.82, 2.24) is 19.4 Å². The molecule has 0 radical (unpaired) electrons. The lowest BCUT2D eigenvalue weighted by Gasteiger charge is -2.30. The fourth-order valence-electron chi connectivity index (χ4n) is 3.01. The van der Waals surface area contributed by atoms with Gasteiger partial charge < -0.3 is 20.3 Å². The highest BCUT2D eigenvalue weighted by Gasteiger charge is 2.29. The van der Waals surface area contributed by atoms with Gasteiger partial charge in [0, 0.05) is 25.7 Å². The van der Waals surface area contributed by atoms with Gasteiger partial charge in [0.25, 0.3) is 0 Å². The summed E-state index contributed by atoms with van der Waals surface area (Å²) in [5, 5.41) is 9.92. The van der Waals surface area contributed by atoms with Gasteiger partial charge >= 0.3 is 6.09 Å². The highest BCUT2D eigenvalue weighted by molar-refractivity contribution is 9.10. The average molecular weight is 354 g/mol. The minimum Gasteiger partial charge on any atom is -0.465 e. The Balaban J connectivity index is 2.02. The molecule has 21 heavy (non-hydrogen) atoms. The van der Waals surface area contributed by atoms with Gasteiger partial charge in [0.1, 0.15) is 17.8 Å². The Hall–Kier alpha value is -1.83. The molecule has 0 spiro atoms. The van der Waals surface area contributed by atoms with E-state index in [0.717, 1.165) is 34.0 Å². The summed E-state index contributed by atoms with van der Waals surface area (Å²) in [4.78, 5) is 20.8. The van der Waals surface area contributed by atoms with E-state index in [9.17, 15) is 4.79 Å². The van der Waals surface area contributed by atoms with Crippen LogP contribution in [0.15, 0.2) is 10.9 Å². The number of anilines is 1. The minimum absolute atomic E-state index is 0.256. The second-order valence-corrected chi connectivity index (χ2v) is 6.02. The largest absolute Gasteiger partial charge is 0.465 e. The summed E-state index contributed by atoms with van der Waals surface area (Å²) in [5.41, 5.74) is 7.92. The number of amides is 1. The Bertz CT molecular complexity index is 706. The summed E-state index contributed by atoms with van der Waals surface area (Å²) in [6, 6.07) is 0. The van der Waals surface area contributed by atoms with Gasteiger partial charge in [-0.3, -0.25) is 0 Å². The maximum absolute atomic E-state index is 11.0. The standard InChI is InChI=1S/C13H16BrN5O2/c1-18-10(14)8(9-11(15)16-6-17-12(9)18)7-2-4-19(5-3-7)13(20)21/h6-7H,2-5H2,1H3,(H,20,21)(H2,15,16,17). The maximum atomic E-state index is 11.0. The van der Waals surface area contributed by atoms with E-state index in [0.29, 0.717) is 18.9 Å². The van der Waals surface area contributed by atoms with Gasteiger partial charge in [0.05, 0.1) is 9.99 Å². The average Bonchev–Trinajstić information content (AvgIpc) is 2.73. The fraction of sp³-hybridized carbons (Fsp3) is 0.462. The van der Waals surface area contributed by atoms with Crippen molar-refractivity contribution >= 4 is 38.9 Å². The quantitative estimate of drug-likeness (QED) is 0.818. The van der Waals surface area contributed by atoms with Crippen molar-refractivity contribution in [1.29, 1.82) is 0 Å². The number of carboxylic acid groups (broad SMARTS) is 1. The third-order valence-corrected chi connectivity index (χ3v) is 5.09. The third-order valence-electron chi connectivity index (χ3n) is 4.13. The van der Waals surface area contributed by atoms with Crippen molar-refractivity contribution < 1.29 is 9.90 Å². The van der Waals surface area contributed by atoms with Crippen LogP contribution in [0.25, 0.3) is 11.0 Å². The van der Waals surface area contributed by atoms with Gasteiger partial charge in [0.15, 0.2) is 0 Å². The molecule has 1 fully saturated rings. The van der Waals surface area contributed by atoms with E-state index in [1.807, 2.05) is 11.6 Å². The molecule has 7 nitrogen and oxygen atoms in total. The lowest BCUT2D eigenvalue weighted by atomic mass is 9.89. The number of carbonyl (C=O) groups is 1. The molecular weight excluding hydrogens is 338 g/mol. The van der Waals surface area contributed by atoms with Crippen LogP contribution in [0, 0.1) is 0 Å². The van der Waals surface area contributed by atoms with Gasteiger partial charge in [-0.15, -0.1) is 0 Å². The highest BCUT2D eigenvalue weighted by atomic mass is 79.9. The minimum atomic E-state index is -0.853. The molecule has 3 heterocycles. The predicted molar refractivity (Wildman–Crippen MR) is 82.2 cm³/mol. The van der Waals surface area contributed by atoms with Gasteiger partial charge in [-0.1, -0.05) is 0 Å². The van der Waals surface area contributed by atoms with Crippen molar-refractivity contribution in [3.63, 3.8) is 0 Å². The zero-order valence-corrected chi connectivity index (χ0v) is 13.2. The molecule has 2 aromatic heterocycles. The number of nitrogens with zero attached hydrogens (tertiary/aromatic N) is 4. The van der Waals surface area contributed by atoms with E-state index in [1.54, 1.807) is 0 Å². The number of hydrogen-bond acceptors (Lipinski definition) is 4. The molecule has 2 aromatic rings. The molecule has 0 saturated carbocycles. The summed E-state index contributed by atoms with van der Waals surface area (Å²) < 4.78 is 2.89. The molecular formula is C13H16BrN5O2. The normalized spacial score (nSPS) is 16.6. The van der Waals surface area contributed by atoms with Crippen LogP contribution in [0.5, 0.6) is 0 Å². The number of aromatic nitrogens is 3. The van der Waals surface area contributed by atoms with Crippen LogP contribution in [0.4, 0.5) is 10.6 Å². The molecule has 3 rings (SSSR count). The molecule has 1 aliphatic heterocycles. The summed E-state index contributed by atoms with van der Waals surface area (Å²) in [7, 11) is 1.93. The Morgan fingerprint density at radius 3 is 2.71 bits per heavy atom. The molecule has 0 aromatic carbocycles. The number of aryl methyl sites for hydroxylation is 1. The maximum Gasteiger partial charge on any atom is 0.407 e. The molecule has 3 N–H and O–H groups in total. The van der Waals surface area contributed by atoms with Crippen LogP contribution in [-0.2, 0) is 7.05 Å². The number of halogens is 1. The Morgan fingerprint density at radius 2 is 2.10 bits per heavy atom. The van der Waals surface area contributed by atoms with Gasteiger partial charge in [-0.05, 0) is 34.7 Å². The SMILES string of the molecule is Cn1c(Br)c(C2CCN(C(=O)O)CC2)c2c(N)ncnc21. The van der Waals surface area contributed by atoms with E-state index in [1.165, 1.54) is 11.2 Å². The van der Waals surface area contributed by atoms with Gasteiger partial charge in [-0.2, -0.15) is 0 Å². The summed E-state index contributed by atoms with van der Waals surface area (Å²) in [6.07, 6.45) is 2.16. The summed E-state index contributed by atoms with van der Waals surface area (Å²) >= 11 is 3.62. The molecule has 0 atom stereocenters. The molecule has 0 bridgehead atoms. The van der Waals surface area contributed by atoms with Gasteiger partial charge in [-0.25, -0.2) is 14.8 Å². The molecule has 8 heteroatoms. The fourth-order valence-corrected chi connectivity index (χ4v) is 3.70. The summed E-state index contributed by atoms with van der Waals surface area (Å²) in [5.74, 6) is 0.726. The highest BCUT2D eigenvalue weighted by Crippen LogP contribution is 2.40. The van der Waals surface area contributed by atoms with E-state index < -0.39 is 6.09 Å². The number of likely N-dealkylation sites (tertiary alicyclic amines) is 1. The Labute approximate surface area is 129 Å². The third kappa shape index (κ3) is 2.23. The van der Waals surface area contributed by atoms with Crippen LogP contribution in [0.1, 0.15) is 24.3 Å². The molecule has 1 amide bonds. The zero-order valence-electron chi connectivity index (χ0n) is 11.6. The van der Waals surface area contributed by atoms with Crippen molar-refractivity contribution in [3.8, 4) is 0 Å². The first kappa shape index (κ1) is 14.1. The number of nitrogen functional groups attached to an aromatic ring is 1. The van der Waals surface area contributed by atoms with Crippen molar-refractivity contribution in [2.45, 2.75) is 18.8 Å². The Morgan fingerprint density at radius 1 is 1.43 bits per heavy atom. The van der Waals surface area contributed by atoms with Crippen LogP contribution < -0.4 is 5.73 Å². The lowest BCUT2D eigenvalue weighted by Crippen LogP contribution is -2.36. The molecule has 112 valence electrons. The topological polar surface area (TPSA) is 97.3 Å². The van der Waals surface area contributed by atoms with Crippen LogP contribution in [-0.4, -0.2) is 43.7 Å². The predicted octanol–water partition coefficient (Wildman–Crippen LogP) is 2.17. The Kier molecular flexibility index (Phi) is 3.48. The van der Waals surface area contributed by atoms with Crippen LogP contribution in [0.2, 0.25) is 0 Å². The van der Waals surface area contributed by atoms with E-state index in [-0.39, 0.29) is 5.92 Å². The van der Waals surface area contributed by atoms with E-state index in [2.05, 4.69) is 25.9 Å². The smallest absolute Gasteiger partial charge is 0.407 e. The second-order valence-electron chi connectivity index (χ2n) is 5.26. The molecule has 1 aliphatic rings. The number of hydrogen-bond donors (Lipinski definition) is 2. The van der Waals surface area contributed by atoms with Crippen molar-refractivity contribution in [2.24, 2.45) is 7.05 Å². The first-order valence-corrected chi connectivity index (χ1v) is 7.52. The zero-order chi connectivity index (χ0) is 15.1. The molecule has 0 unspecified atom stereocenters. The van der Waals surface area contributed by atoms with E-state index >= 15 is 0 Å². The first-order valence-electron chi connectivity index (χ1n) is 6.72. The molecule has 1 saturated heterocycles. The number of rotatable bonds is 1. The second kappa shape index (κ2) is 5.18. The van der Waals surface area contributed by atoms with Crippen molar-refractivity contribution in [3.05, 3.63) is 16.5 Å². The lowest BCUT2D eigenvalue weighted by molar-refractivity contribution is 0.132. The monoisotopic (exact) mass is 353 g/mol. The number of piperidine rings is 1. The van der Waals surface area contributed by atoms with Crippen LogP contribution in [0.3, 0.4) is 0 Å². The van der Waals surface area contributed by atoms with Crippen molar-refractivity contribution in [2.75, 3.05) is 18.8 Å². The van der Waals surface area contributed by atoms with E-state index in [4.69, 9.17) is 10.8 Å². The first-order chi connectivity index (χ1) is 10.0. The van der Waals surface area contributed by atoms with Gasteiger partial charge in [0.2, 0.25) is 0 Å². The summed E-state index contributed by atoms with van der Waals surface area (Å²) in [6.45, 7) is 1.08.